The maximum absolute atomic E-state index is 5.77. The second-order valence-corrected chi connectivity index (χ2v) is 6.51. The predicted octanol–water partition coefficient (Wildman–Crippen LogP) is 3.30. The van der Waals surface area contributed by atoms with E-state index in [9.17, 15) is 0 Å². The lowest BCUT2D eigenvalue weighted by atomic mass is 10.2. The van der Waals surface area contributed by atoms with E-state index in [0.29, 0.717) is 0 Å². The molecule has 0 unspecified atom stereocenters. The lowest BCUT2D eigenvalue weighted by molar-refractivity contribution is 0.955. The van der Waals surface area contributed by atoms with Crippen molar-refractivity contribution in [2.24, 2.45) is 0 Å². The van der Waals surface area contributed by atoms with Crippen molar-refractivity contribution in [3.05, 3.63) is 23.8 Å². The molecule has 0 atom stereocenters. The van der Waals surface area contributed by atoms with Gasteiger partial charge in [-0.1, -0.05) is 34.9 Å². The Hall–Kier alpha value is -0.720. The van der Waals surface area contributed by atoms with Gasteiger partial charge >= 0.3 is 0 Å². The van der Waals surface area contributed by atoms with Gasteiger partial charge in [-0.2, -0.15) is 0 Å². The number of nitrogen functional groups attached to an aromatic ring is 1. The molecule has 0 aliphatic rings. The van der Waals surface area contributed by atoms with Crippen molar-refractivity contribution >= 4 is 40.5 Å². The minimum absolute atomic E-state index is 0.825. The zero-order chi connectivity index (χ0) is 11.5. The van der Waals surface area contributed by atoms with Crippen LogP contribution in [0.3, 0.4) is 0 Å². The predicted molar refractivity (Wildman–Crippen MR) is 71.4 cm³/mol. The smallest absolute Gasteiger partial charge is 0.179 e. The number of hydrogen-bond donors (Lipinski definition) is 1. The van der Waals surface area contributed by atoms with Gasteiger partial charge in [0.1, 0.15) is 0 Å². The molecule has 16 heavy (non-hydrogen) atoms. The molecular formula is C10H11N3S3. The molecule has 0 spiro atoms. The molecule has 6 heteroatoms. The molecule has 1 aromatic carbocycles. The highest BCUT2D eigenvalue weighted by Gasteiger charge is 2.05. The number of aryl methyl sites for hydroxylation is 1. The number of rotatable bonds is 3. The van der Waals surface area contributed by atoms with Crippen LogP contribution in [0.15, 0.2) is 31.8 Å². The molecule has 0 bridgehead atoms. The summed E-state index contributed by atoms with van der Waals surface area (Å²) in [5.74, 6) is 0. The standard InChI is InChI=1S/C10H11N3S3/c1-6-5-7(3-4-8(6)11)15-10-13-12-9(14-2)16-10/h3-5H,11H2,1-2H3. The summed E-state index contributed by atoms with van der Waals surface area (Å²) in [4.78, 5) is 1.15. The molecule has 1 aromatic heterocycles. The van der Waals surface area contributed by atoms with Crippen LogP contribution in [0.5, 0.6) is 0 Å². The Balaban J connectivity index is 2.17. The SMILES string of the molecule is CSc1nnc(Sc2ccc(N)c(C)c2)s1. The van der Waals surface area contributed by atoms with Gasteiger partial charge in [0.2, 0.25) is 0 Å². The third-order valence-corrected chi connectivity index (χ3v) is 4.95. The summed E-state index contributed by atoms with van der Waals surface area (Å²) in [6, 6.07) is 6.00. The summed E-state index contributed by atoms with van der Waals surface area (Å²) < 4.78 is 1.96. The highest BCUT2D eigenvalue weighted by Crippen LogP contribution is 2.33. The number of anilines is 1. The van der Waals surface area contributed by atoms with E-state index in [1.165, 1.54) is 0 Å². The third kappa shape index (κ3) is 2.69. The molecule has 0 radical (unpaired) electrons. The second-order valence-electron chi connectivity index (χ2n) is 3.16. The molecule has 2 rings (SSSR count). The lowest BCUT2D eigenvalue weighted by Gasteiger charge is -2.02. The average molecular weight is 269 g/mol. The molecule has 0 fully saturated rings. The van der Waals surface area contributed by atoms with E-state index in [1.54, 1.807) is 34.9 Å². The molecule has 0 aliphatic carbocycles. The summed E-state index contributed by atoms with van der Waals surface area (Å²) in [5.41, 5.74) is 7.69. The largest absolute Gasteiger partial charge is 0.399 e. The Morgan fingerprint density at radius 3 is 2.62 bits per heavy atom. The van der Waals surface area contributed by atoms with Crippen molar-refractivity contribution in [2.45, 2.75) is 20.5 Å². The second kappa shape index (κ2) is 5.07. The van der Waals surface area contributed by atoms with Crippen molar-refractivity contribution in [3.8, 4) is 0 Å². The minimum atomic E-state index is 0.825. The van der Waals surface area contributed by atoms with Crippen molar-refractivity contribution in [3.63, 3.8) is 0 Å². The zero-order valence-corrected chi connectivity index (χ0v) is 11.4. The minimum Gasteiger partial charge on any atom is -0.399 e. The molecule has 84 valence electrons. The van der Waals surface area contributed by atoms with Gasteiger partial charge in [-0.3, -0.25) is 0 Å². The van der Waals surface area contributed by atoms with Crippen LogP contribution in [0, 0.1) is 6.92 Å². The molecular weight excluding hydrogens is 258 g/mol. The fourth-order valence-corrected chi connectivity index (χ4v) is 3.64. The summed E-state index contributed by atoms with van der Waals surface area (Å²) in [7, 11) is 0. The van der Waals surface area contributed by atoms with Crippen LogP contribution in [0.4, 0.5) is 5.69 Å². The zero-order valence-electron chi connectivity index (χ0n) is 8.93. The van der Waals surface area contributed by atoms with E-state index < -0.39 is 0 Å². The average Bonchev–Trinajstić information content (AvgIpc) is 2.71. The Morgan fingerprint density at radius 1 is 1.25 bits per heavy atom. The van der Waals surface area contributed by atoms with E-state index >= 15 is 0 Å². The number of benzene rings is 1. The molecule has 0 amide bonds. The molecule has 1 heterocycles. The Labute approximate surface area is 107 Å². The van der Waals surface area contributed by atoms with E-state index in [0.717, 1.165) is 24.8 Å². The van der Waals surface area contributed by atoms with Crippen molar-refractivity contribution in [2.75, 3.05) is 12.0 Å². The summed E-state index contributed by atoms with van der Waals surface area (Å²) >= 11 is 4.85. The molecule has 0 saturated carbocycles. The van der Waals surface area contributed by atoms with Gasteiger partial charge < -0.3 is 5.73 Å². The molecule has 2 aromatic rings. The van der Waals surface area contributed by atoms with Crippen LogP contribution in [0.25, 0.3) is 0 Å². The fourth-order valence-electron chi connectivity index (χ4n) is 1.13. The van der Waals surface area contributed by atoms with Crippen LogP contribution >= 0.6 is 34.9 Å². The lowest BCUT2D eigenvalue weighted by Crippen LogP contribution is -1.88. The van der Waals surface area contributed by atoms with Gasteiger partial charge in [0.15, 0.2) is 8.68 Å². The quantitative estimate of drug-likeness (QED) is 0.684. The Kier molecular flexibility index (Phi) is 3.73. The van der Waals surface area contributed by atoms with Crippen LogP contribution < -0.4 is 5.73 Å². The first-order valence-electron chi connectivity index (χ1n) is 4.60. The normalized spacial score (nSPS) is 10.6. The van der Waals surface area contributed by atoms with Gasteiger partial charge in [0.05, 0.1) is 0 Å². The van der Waals surface area contributed by atoms with Crippen molar-refractivity contribution < 1.29 is 0 Å². The first kappa shape index (κ1) is 11.8. The van der Waals surface area contributed by atoms with Crippen molar-refractivity contribution in [1.82, 2.24) is 10.2 Å². The number of nitrogens with zero attached hydrogens (tertiary/aromatic N) is 2. The monoisotopic (exact) mass is 269 g/mol. The summed E-state index contributed by atoms with van der Waals surface area (Å²) in [6.07, 6.45) is 2.00. The Morgan fingerprint density at radius 2 is 2.00 bits per heavy atom. The van der Waals surface area contributed by atoms with Gasteiger partial charge in [0.25, 0.3) is 0 Å². The molecule has 3 nitrogen and oxygen atoms in total. The highest BCUT2D eigenvalue weighted by atomic mass is 32.2. The van der Waals surface area contributed by atoms with E-state index in [-0.39, 0.29) is 0 Å². The van der Waals surface area contributed by atoms with Gasteiger partial charge in [0, 0.05) is 10.6 Å². The topological polar surface area (TPSA) is 51.8 Å². The van der Waals surface area contributed by atoms with E-state index in [2.05, 4.69) is 16.3 Å². The van der Waals surface area contributed by atoms with Crippen LogP contribution in [-0.2, 0) is 0 Å². The van der Waals surface area contributed by atoms with Gasteiger partial charge in [-0.15, -0.1) is 10.2 Å². The summed E-state index contributed by atoms with van der Waals surface area (Å²) in [5, 5.41) is 8.17. The number of thioether (sulfide) groups is 1. The molecule has 2 N–H and O–H groups in total. The van der Waals surface area contributed by atoms with Gasteiger partial charge in [-0.05, 0) is 36.9 Å². The van der Waals surface area contributed by atoms with Crippen LogP contribution in [0.2, 0.25) is 0 Å². The third-order valence-electron chi connectivity index (χ3n) is 2.01. The van der Waals surface area contributed by atoms with E-state index in [4.69, 9.17) is 5.73 Å². The summed E-state index contributed by atoms with van der Waals surface area (Å²) in [6.45, 7) is 2.01. The van der Waals surface area contributed by atoms with Crippen molar-refractivity contribution in [1.29, 1.82) is 0 Å². The van der Waals surface area contributed by atoms with Crippen LogP contribution in [-0.4, -0.2) is 16.5 Å². The Bertz CT molecular complexity index is 496. The van der Waals surface area contributed by atoms with Gasteiger partial charge in [-0.25, -0.2) is 0 Å². The molecule has 0 aliphatic heterocycles. The number of nitrogens with two attached hydrogens (primary N) is 1. The highest BCUT2D eigenvalue weighted by molar-refractivity contribution is 8.03. The first-order valence-corrected chi connectivity index (χ1v) is 7.46. The molecule has 0 saturated heterocycles. The maximum atomic E-state index is 5.77. The number of hydrogen-bond acceptors (Lipinski definition) is 6. The van der Waals surface area contributed by atoms with E-state index in [1.807, 2.05) is 25.3 Å². The first-order chi connectivity index (χ1) is 7.69. The number of aromatic nitrogens is 2. The maximum Gasteiger partial charge on any atom is 0.179 e. The fraction of sp³-hybridized carbons (Fsp3) is 0.200. The van der Waals surface area contributed by atoms with Crippen LogP contribution in [0.1, 0.15) is 5.56 Å².